The van der Waals surface area contributed by atoms with Crippen LogP contribution in [-0.2, 0) is 56.8 Å². The van der Waals surface area contributed by atoms with Gasteiger partial charge in [0.2, 0.25) is 35.7 Å². The lowest BCUT2D eigenvalue weighted by Gasteiger charge is -2.28. The molecule has 0 aliphatic rings. The zero-order valence-electron chi connectivity index (χ0n) is 46.1. The van der Waals surface area contributed by atoms with Crippen LogP contribution in [0.1, 0.15) is 0 Å². The summed E-state index contributed by atoms with van der Waals surface area (Å²) >= 11 is 0. The van der Waals surface area contributed by atoms with Crippen molar-refractivity contribution in [3.05, 3.63) is 139 Å². The quantitative estimate of drug-likeness (QED) is 0.0486. The lowest BCUT2D eigenvalue weighted by molar-refractivity contribution is 0.103. The van der Waals surface area contributed by atoms with E-state index in [9.17, 15) is 0 Å². The van der Waals surface area contributed by atoms with E-state index in [-0.39, 0.29) is 105 Å². The minimum absolute atomic E-state index is 0.0833. The average molecular weight is 1100 g/mol. The van der Waals surface area contributed by atoms with Gasteiger partial charge >= 0.3 is 0 Å². The van der Waals surface area contributed by atoms with E-state index in [4.69, 9.17) is 76.9 Å². The first kappa shape index (κ1) is 71.4. The van der Waals surface area contributed by atoms with Crippen molar-refractivity contribution in [2.45, 2.75) is 0 Å². The number of nitrogens with zero attached hydrogens (tertiary/aromatic N) is 12. The molecule has 0 saturated carbocycles. The summed E-state index contributed by atoms with van der Waals surface area (Å²) in [5.74, 6) is 1.82. The average Bonchev–Trinajstić information content (AvgIpc) is 3.45. The van der Waals surface area contributed by atoms with E-state index >= 15 is 0 Å². The second kappa shape index (κ2) is 51.2. The normalized spacial score (nSPS) is 10.3. The molecule has 0 atom stereocenters. The third-order valence-corrected chi connectivity index (χ3v) is 8.42. The van der Waals surface area contributed by atoms with Crippen LogP contribution in [0.25, 0.3) is 0 Å². The fourth-order valence-electron chi connectivity index (χ4n) is 5.23. The van der Waals surface area contributed by atoms with Gasteiger partial charge in [-0.3, -0.25) is 29.4 Å². The highest BCUT2D eigenvalue weighted by Crippen LogP contribution is 2.22. The Bertz CT molecular complexity index is 1710. The van der Waals surface area contributed by atoms with Crippen molar-refractivity contribution in [2.75, 3.05) is 197 Å². The first-order valence-electron chi connectivity index (χ1n) is 24.3. The number of aromatic nitrogens is 6. The monoisotopic (exact) mass is 1100 g/mol. The fraction of sp³-hybridized carbons (Fsp3) is 0.472. The molecule has 25 nitrogen and oxygen atoms in total. The molecule has 2 aromatic rings. The Labute approximate surface area is 462 Å². The molecule has 25 heteroatoms. The zero-order valence-corrected chi connectivity index (χ0v) is 46.1. The van der Waals surface area contributed by atoms with Gasteiger partial charge in [-0.25, -0.2) is 0 Å². The molecule has 0 aromatic carbocycles. The summed E-state index contributed by atoms with van der Waals surface area (Å²) in [4.78, 5) is 38.2. The smallest absolute Gasteiger partial charge is 0.235 e. The Kier molecular flexibility index (Phi) is 46.9. The van der Waals surface area contributed by atoms with Crippen LogP contribution in [0.5, 0.6) is 0 Å². The highest BCUT2D eigenvalue weighted by atomic mass is 16.5. The van der Waals surface area contributed by atoms with Crippen LogP contribution in [-0.4, -0.2) is 203 Å². The standard InChI is InChI=1S/C27H42N6O6.C23H38N6O6.C3H6O/c1-7-13-34-19-31(20-35-14-8-2)25-28-26(32(21-36-15-9-3)22-37-16-10-4)30-27(29-25)33(23-38-17-11-5)24-39-18-12-6;1-7-11-32-17-28(18-33-12-8-2)22-24-21(27(15-30-5)16-31-6)25-23(26-22)29(19-34-13-9-3)20-35-14-10-4;1-2-3-4/h7-12H,1-6,13-24H2;7-10H,1-4,11-20H2,5-6H3;2,4H,1,3H2. The summed E-state index contributed by atoms with van der Waals surface area (Å²) in [5, 5.41) is 7.76. The van der Waals surface area contributed by atoms with Crippen LogP contribution in [0.3, 0.4) is 0 Å². The number of anilines is 6. The van der Waals surface area contributed by atoms with Crippen LogP contribution in [0.4, 0.5) is 35.7 Å². The SMILES string of the molecule is C=CCO.C=CCOCN(COCC=C)c1nc(N(COC)COC)nc(N(COCC=C)COCC=C)n1.C=CCOCN(COCC=C)c1nc(N(COCC=C)COCC=C)nc(N(COCC=C)COCC=C)n1. The van der Waals surface area contributed by atoms with Crippen LogP contribution in [0.15, 0.2) is 139 Å². The van der Waals surface area contributed by atoms with Gasteiger partial charge in [0, 0.05) is 14.2 Å². The largest absolute Gasteiger partial charge is 0.392 e. The molecule has 0 bridgehead atoms. The van der Waals surface area contributed by atoms with Crippen LogP contribution < -0.4 is 29.4 Å². The third-order valence-electron chi connectivity index (χ3n) is 8.42. The van der Waals surface area contributed by atoms with Crippen molar-refractivity contribution >= 4 is 35.7 Å². The lowest BCUT2D eigenvalue weighted by Crippen LogP contribution is -2.37. The highest BCUT2D eigenvalue weighted by molar-refractivity contribution is 5.47. The predicted octanol–water partition coefficient (Wildman–Crippen LogP) is 5.56. The number of hydrogen-bond donors (Lipinski definition) is 1. The number of aliphatic hydroxyl groups is 1. The second-order valence-electron chi connectivity index (χ2n) is 14.9. The van der Waals surface area contributed by atoms with Crippen molar-refractivity contribution < 1.29 is 61.9 Å². The van der Waals surface area contributed by atoms with Gasteiger partial charge in [0.15, 0.2) is 0 Å². The number of ether oxygens (including phenoxy) is 12. The molecule has 2 heterocycles. The molecule has 0 amide bonds. The maximum atomic E-state index is 7.76. The van der Waals surface area contributed by atoms with Crippen molar-refractivity contribution in [2.24, 2.45) is 0 Å². The van der Waals surface area contributed by atoms with Crippen molar-refractivity contribution in [1.29, 1.82) is 0 Å². The van der Waals surface area contributed by atoms with Crippen LogP contribution >= 0.6 is 0 Å². The van der Waals surface area contributed by atoms with Gasteiger partial charge in [-0.05, 0) is 0 Å². The molecule has 0 spiro atoms. The molecule has 2 aromatic heterocycles. The summed E-state index contributed by atoms with van der Waals surface area (Å²) in [7, 11) is 3.14. The van der Waals surface area contributed by atoms with Gasteiger partial charge in [0.05, 0.1) is 72.7 Å². The van der Waals surface area contributed by atoms with Gasteiger partial charge in [0.1, 0.15) is 80.8 Å². The Morgan fingerprint density at radius 2 is 0.397 bits per heavy atom. The summed E-state index contributed by atoms with van der Waals surface area (Å²) in [5.41, 5.74) is 0. The molecular formula is C53H86N12O13. The van der Waals surface area contributed by atoms with E-state index in [2.05, 4.69) is 87.3 Å². The van der Waals surface area contributed by atoms with Crippen LogP contribution in [0, 0.1) is 0 Å². The van der Waals surface area contributed by atoms with Gasteiger partial charge in [-0.2, -0.15) is 29.9 Å². The minimum Gasteiger partial charge on any atom is -0.392 e. The molecule has 0 aliphatic heterocycles. The van der Waals surface area contributed by atoms with E-state index in [1.165, 1.54) is 6.08 Å². The Morgan fingerprint density at radius 3 is 0.500 bits per heavy atom. The van der Waals surface area contributed by atoms with Crippen molar-refractivity contribution in [1.82, 2.24) is 29.9 Å². The molecule has 0 aliphatic carbocycles. The van der Waals surface area contributed by atoms with E-state index in [0.29, 0.717) is 83.9 Å². The molecule has 0 radical (unpaired) electrons. The molecule has 0 unspecified atom stereocenters. The fourth-order valence-corrected chi connectivity index (χ4v) is 5.23. The van der Waals surface area contributed by atoms with Crippen molar-refractivity contribution in [3.63, 3.8) is 0 Å². The zero-order chi connectivity index (χ0) is 57.7. The first-order valence-corrected chi connectivity index (χ1v) is 24.3. The van der Waals surface area contributed by atoms with Gasteiger partial charge in [-0.15, -0.1) is 72.4 Å². The minimum atomic E-state index is 0.0833. The van der Waals surface area contributed by atoms with Gasteiger partial charge in [-0.1, -0.05) is 66.8 Å². The summed E-state index contributed by atoms with van der Waals surface area (Å²) in [6.45, 7) is 45.4. The lowest BCUT2D eigenvalue weighted by atomic mass is 10.6. The van der Waals surface area contributed by atoms with Crippen LogP contribution in [0.2, 0.25) is 0 Å². The predicted molar refractivity (Wildman–Crippen MR) is 306 cm³/mol. The maximum Gasteiger partial charge on any atom is 0.235 e. The number of hydrogen-bond acceptors (Lipinski definition) is 25. The number of methoxy groups -OCH3 is 2. The molecular weight excluding hydrogens is 1010 g/mol. The molecule has 0 fully saturated rings. The first-order chi connectivity index (χ1) is 38.2. The van der Waals surface area contributed by atoms with E-state index in [1.807, 2.05) is 0 Å². The van der Waals surface area contributed by atoms with E-state index in [0.717, 1.165) is 0 Å². The van der Waals surface area contributed by atoms with E-state index in [1.54, 1.807) is 104 Å². The Morgan fingerprint density at radius 1 is 0.269 bits per heavy atom. The van der Waals surface area contributed by atoms with Gasteiger partial charge in [0.25, 0.3) is 0 Å². The highest BCUT2D eigenvalue weighted by Gasteiger charge is 2.23. The summed E-state index contributed by atoms with van der Waals surface area (Å²) < 4.78 is 67.2. The second-order valence-corrected chi connectivity index (χ2v) is 14.9. The maximum absolute atomic E-state index is 7.76. The summed E-state index contributed by atoms with van der Waals surface area (Å²) in [6.07, 6.45) is 18.0. The summed E-state index contributed by atoms with van der Waals surface area (Å²) in [6, 6.07) is 0. The number of aliphatic hydroxyl groups excluding tert-OH is 1. The topological polar surface area (TPSA) is 228 Å². The Hall–Kier alpha value is -6.56. The Balaban J connectivity index is 0.00000143. The molecule has 78 heavy (non-hydrogen) atoms. The van der Waals surface area contributed by atoms with E-state index < -0.39 is 0 Å². The molecule has 1 N–H and O–H groups in total. The molecule has 2 rings (SSSR count). The van der Waals surface area contributed by atoms with Crippen molar-refractivity contribution in [3.8, 4) is 0 Å². The van der Waals surface area contributed by atoms with Gasteiger partial charge < -0.3 is 61.9 Å². The number of rotatable bonds is 51. The molecule has 0 saturated heterocycles. The third kappa shape index (κ3) is 33.6. The molecule has 436 valence electrons.